The van der Waals surface area contributed by atoms with Gasteiger partial charge in [-0.05, 0) is 23.6 Å². The Balaban J connectivity index is 2.14. The Morgan fingerprint density at radius 1 is 1.05 bits per heavy atom. The van der Waals surface area contributed by atoms with Crippen molar-refractivity contribution in [3.8, 4) is 0 Å². The molecule has 2 heterocycles. The van der Waals surface area contributed by atoms with Gasteiger partial charge in [-0.1, -0.05) is 29.8 Å². The molecule has 1 aromatic carbocycles. The van der Waals surface area contributed by atoms with Gasteiger partial charge in [-0.25, -0.2) is 0 Å². The van der Waals surface area contributed by atoms with Gasteiger partial charge in [-0.2, -0.15) is 0 Å². The van der Waals surface area contributed by atoms with Crippen LogP contribution in [0.25, 0.3) is 10.8 Å². The van der Waals surface area contributed by atoms with E-state index in [0.717, 1.165) is 10.8 Å². The molecule has 0 saturated heterocycles. The van der Waals surface area contributed by atoms with E-state index >= 15 is 0 Å². The van der Waals surface area contributed by atoms with E-state index in [0.29, 0.717) is 16.3 Å². The first kappa shape index (κ1) is 11.8. The van der Waals surface area contributed by atoms with Gasteiger partial charge in [0, 0.05) is 29.5 Å². The predicted octanol–water partition coefficient (Wildman–Crippen LogP) is 3.51. The van der Waals surface area contributed by atoms with E-state index in [-0.39, 0.29) is 5.78 Å². The van der Waals surface area contributed by atoms with Gasteiger partial charge in [0.1, 0.15) is 5.69 Å². The summed E-state index contributed by atoms with van der Waals surface area (Å²) in [6.45, 7) is 0. The van der Waals surface area contributed by atoms with E-state index in [2.05, 4.69) is 9.97 Å². The van der Waals surface area contributed by atoms with Crippen LogP contribution >= 0.6 is 11.6 Å². The highest BCUT2D eigenvalue weighted by Crippen LogP contribution is 2.20. The Kier molecular flexibility index (Phi) is 2.97. The molecule has 0 aliphatic heterocycles. The highest BCUT2D eigenvalue weighted by Gasteiger charge is 2.13. The van der Waals surface area contributed by atoms with Crippen LogP contribution in [0.4, 0.5) is 0 Å². The number of ketones is 1. The number of fused-ring (bicyclic) bond motifs is 1. The number of hydrogen-bond donors (Lipinski definition) is 0. The number of rotatable bonds is 2. The first-order valence-corrected chi connectivity index (χ1v) is 6.12. The Labute approximate surface area is 114 Å². The van der Waals surface area contributed by atoms with Gasteiger partial charge >= 0.3 is 0 Å². The molecule has 0 bridgehead atoms. The molecular formula is C15H9ClN2O. The van der Waals surface area contributed by atoms with E-state index in [9.17, 15) is 4.79 Å². The van der Waals surface area contributed by atoms with Gasteiger partial charge in [0.2, 0.25) is 5.78 Å². The van der Waals surface area contributed by atoms with Crippen molar-refractivity contribution in [2.45, 2.75) is 0 Å². The average Bonchev–Trinajstić information content (AvgIpc) is 2.47. The van der Waals surface area contributed by atoms with Crippen LogP contribution in [0.1, 0.15) is 16.1 Å². The first-order chi connectivity index (χ1) is 9.25. The van der Waals surface area contributed by atoms with Crippen molar-refractivity contribution >= 4 is 28.2 Å². The SMILES string of the molecule is O=C(c1ccc(Cl)cn1)c1cccc2cnccc12. The third-order valence-electron chi connectivity index (χ3n) is 2.89. The number of hydrogen-bond acceptors (Lipinski definition) is 3. The van der Waals surface area contributed by atoms with Crippen molar-refractivity contribution in [1.82, 2.24) is 9.97 Å². The number of aromatic nitrogens is 2. The van der Waals surface area contributed by atoms with Gasteiger partial charge in [-0.15, -0.1) is 0 Å². The predicted molar refractivity (Wildman–Crippen MR) is 74.4 cm³/mol. The van der Waals surface area contributed by atoms with Crippen LogP contribution in [-0.4, -0.2) is 15.8 Å². The van der Waals surface area contributed by atoms with Gasteiger partial charge < -0.3 is 0 Å². The fraction of sp³-hybridized carbons (Fsp3) is 0. The van der Waals surface area contributed by atoms with E-state index in [1.54, 1.807) is 30.6 Å². The largest absolute Gasteiger partial charge is 0.287 e. The number of benzene rings is 1. The van der Waals surface area contributed by atoms with E-state index in [1.165, 1.54) is 6.20 Å². The van der Waals surface area contributed by atoms with Gasteiger partial charge in [0.05, 0.1) is 5.02 Å². The van der Waals surface area contributed by atoms with Crippen LogP contribution in [0.5, 0.6) is 0 Å². The third kappa shape index (κ3) is 2.20. The Morgan fingerprint density at radius 2 is 1.95 bits per heavy atom. The molecule has 3 nitrogen and oxygen atoms in total. The molecule has 0 aliphatic rings. The lowest BCUT2D eigenvalue weighted by molar-refractivity contribution is 0.103. The molecule has 4 heteroatoms. The number of carbonyl (C=O) groups excluding carboxylic acids is 1. The fourth-order valence-electron chi connectivity index (χ4n) is 1.97. The molecule has 2 aromatic heterocycles. The molecule has 3 aromatic rings. The minimum absolute atomic E-state index is 0.117. The quantitative estimate of drug-likeness (QED) is 0.668. The maximum Gasteiger partial charge on any atom is 0.211 e. The van der Waals surface area contributed by atoms with Crippen molar-refractivity contribution in [1.29, 1.82) is 0 Å². The lowest BCUT2D eigenvalue weighted by atomic mass is 10.0. The molecule has 0 N–H and O–H groups in total. The van der Waals surface area contributed by atoms with Crippen LogP contribution in [-0.2, 0) is 0 Å². The maximum atomic E-state index is 12.4. The molecule has 0 amide bonds. The number of nitrogens with zero attached hydrogens (tertiary/aromatic N) is 2. The van der Waals surface area contributed by atoms with Crippen LogP contribution in [0.2, 0.25) is 5.02 Å². The highest BCUT2D eigenvalue weighted by atomic mass is 35.5. The Bertz CT molecular complexity index is 748. The minimum atomic E-state index is -0.117. The van der Waals surface area contributed by atoms with Crippen LogP contribution < -0.4 is 0 Å². The molecule has 0 unspecified atom stereocenters. The second kappa shape index (κ2) is 4.78. The van der Waals surface area contributed by atoms with Crippen molar-refractivity contribution in [3.63, 3.8) is 0 Å². The molecule has 19 heavy (non-hydrogen) atoms. The van der Waals surface area contributed by atoms with Crippen LogP contribution in [0.15, 0.2) is 55.0 Å². The van der Waals surface area contributed by atoms with Crippen molar-refractivity contribution in [3.05, 3.63) is 71.3 Å². The highest BCUT2D eigenvalue weighted by molar-refractivity contribution is 6.30. The molecule has 0 fully saturated rings. The molecule has 0 radical (unpaired) electrons. The zero-order valence-electron chi connectivity index (χ0n) is 9.88. The average molecular weight is 269 g/mol. The molecule has 3 rings (SSSR count). The smallest absolute Gasteiger partial charge is 0.211 e. The number of halogens is 1. The monoisotopic (exact) mass is 268 g/mol. The van der Waals surface area contributed by atoms with Crippen molar-refractivity contribution in [2.24, 2.45) is 0 Å². The van der Waals surface area contributed by atoms with Gasteiger partial charge in [0.25, 0.3) is 0 Å². The molecule has 0 saturated carbocycles. The fourth-order valence-corrected chi connectivity index (χ4v) is 2.08. The van der Waals surface area contributed by atoms with Gasteiger partial charge in [0.15, 0.2) is 0 Å². The summed E-state index contributed by atoms with van der Waals surface area (Å²) < 4.78 is 0. The topological polar surface area (TPSA) is 42.9 Å². The molecule has 0 spiro atoms. The summed E-state index contributed by atoms with van der Waals surface area (Å²) in [6.07, 6.45) is 4.89. The van der Waals surface area contributed by atoms with Crippen molar-refractivity contribution < 1.29 is 4.79 Å². The summed E-state index contributed by atoms with van der Waals surface area (Å²) in [4.78, 5) is 20.6. The summed E-state index contributed by atoms with van der Waals surface area (Å²) in [6, 6.07) is 10.7. The third-order valence-corrected chi connectivity index (χ3v) is 3.11. The lowest BCUT2D eigenvalue weighted by Gasteiger charge is -2.04. The minimum Gasteiger partial charge on any atom is -0.287 e. The normalized spacial score (nSPS) is 10.6. The summed E-state index contributed by atoms with van der Waals surface area (Å²) in [7, 11) is 0. The number of carbonyl (C=O) groups is 1. The lowest BCUT2D eigenvalue weighted by Crippen LogP contribution is -2.04. The Morgan fingerprint density at radius 3 is 2.74 bits per heavy atom. The van der Waals surface area contributed by atoms with E-state index in [1.807, 2.05) is 18.2 Å². The molecule has 0 atom stereocenters. The van der Waals surface area contributed by atoms with E-state index in [4.69, 9.17) is 11.6 Å². The maximum absolute atomic E-state index is 12.4. The molecular weight excluding hydrogens is 260 g/mol. The second-order valence-corrected chi connectivity index (χ2v) is 4.53. The van der Waals surface area contributed by atoms with Crippen molar-refractivity contribution in [2.75, 3.05) is 0 Å². The zero-order valence-corrected chi connectivity index (χ0v) is 10.6. The van der Waals surface area contributed by atoms with Crippen LogP contribution in [0, 0.1) is 0 Å². The second-order valence-electron chi connectivity index (χ2n) is 4.09. The summed E-state index contributed by atoms with van der Waals surface area (Å²) in [5, 5.41) is 2.32. The zero-order chi connectivity index (χ0) is 13.2. The summed E-state index contributed by atoms with van der Waals surface area (Å²) >= 11 is 5.78. The standard InChI is InChI=1S/C15H9ClN2O/c16-11-4-5-14(18-9-11)15(19)13-3-1-2-10-8-17-7-6-12(10)13/h1-9H. The Hall–Kier alpha value is -2.26. The first-order valence-electron chi connectivity index (χ1n) is 5.75. The van der Waals surface area contributed by atoms with E-state index < -0.39 is 0 Å². The summed E-state index contributed by atoms with van der Waals surface area (Å²) in [5.41, 5.74) is 1.00. The van der Waals surface area contributed by atoms with Crippen LogP contribution in [0.3, 0.4) is 0 Å². The number of pyridine rings is 2. The molecule has 0 aliphatic carbocycles. The summed E-state index contributed by atoms with van der Waals surface area (Å²) in [5.74, 6) is -0.117. The van der Waals surface area contributed by atoms with Gasteiger partial charge in [-0.3, -0.25) is 14.8 Å². The molecule has 92 valence electrons.